The maximum atomic E-state index is 10.9. The van der Waals surface area contributed by atoms with Gasteiger partial charge in [-0.25, -0.2) is 0 Å². The van der Waals surface area contributed by atoms with Crippen molar-refractivity contribution >= 4 is 43.2 Å². The van der Waals surface area contributed by atoms with E-state index in [1.54, 1.807) is 25.3 Å². The first-order valence-corrected chi connectivity index (χ1v) is 7.76. The summed E-state index contributed by atoms with van der Waals surface area (Å²) in [5.41, 5.74) is 3.35. The van der Waals surface area contributed by atoms with Crippen molar-refractivity contribution in [1.82, 2.24) is 4.98 Å². The SMILES string of the molecule is Cc1cc([N+](=O)[O-])c(C)cc1NCc1ncc(Br)cc1Br. The summed E-state index contributed by atoms with van der Waals surface area (Å²) in [6, 6.07) is 5.31. The second kappa shape index (κ2) is 6.53. The average molecular weight is 415 g/mol. The number of pyridine rings is 1. The first-order valence-electron chi connectivity index (χ1n) is 6.18. The van der Waals surface area contributed by atoms with Crippen LogP contribution in [0.5, 0.6) is 0 Å². The highest BCUT2D eigenvalue weighted by molar-refractivity contribution is 9.11. The number of nitrogens with zero attached hydrogens (tertiary/aromatic N) is 2. The Morgan fingerprint density at radius 3 is 2.57 bits per heavy atom. The van der Waals surface area contributed by atoms with Crippen molar-refractivity contribution in [3.05, 3.63) is 60.3 Å². The predicted octanol–water partition coefficient (Wildman–Crippen LogP) is 4.74. The molecule has 0 bridgehead atoms. The minimum atomic E-state index is -0.362. The van der Waals surface area contributed by atoms with Gasteiger partial charge >= 0.3 is 0 Å². The second-order valence-electron chi connectivity index (χ2n) is 4.65. The summed E-state index contributed by atoms with van der Waals surface area (Å²) in [5.74, 6) is 0. The molecule has 0 radical (unpaired) electrons. The largest absolute Gasteiger partial charge is 0.379 e. The maximum absolute atomic E-state index is 10.9. The third kappa shape index (κ3) is 3.79. The van der Waals surface area contributed by atoms with E-state index < -0.39 is 0 Å². The van der Waals surface area contributed by atoms with Gasteiger partial charge in [-0.1, -0.05) is 0 Å². The summed E-state index contributed by atoms with van der Waals surface area (Å²) in [6.45, 7) is 4.11. The van der Waals surface area contributed by atoms with Crippen LogP contribution >= 0.6 is 31.9 Å². The molecule has 0 aliphatic carbocycles. The van der Waals surface area contributed by atoms with Crippen LogP contribution in [-0.4, -0.2) is 9.91 Å². The lowest BCUT2D eigenvalue weighted by Crippen LogP contribution is -2.05. The molecule has 1 aromatic carbocycles. The molecule has 0 atom stereocenters. The third-order valence-electron chi connectivity index (χ3n) is 3.07. The number of rotatable bonds is 4. The molecule has 0 fully saturated rings. The Bertz CT molecular complexity index is 705. The van der Waals surface area contributed by atoms with Gasteiger partial charge in [0.1, 0.15) is 0 Å². The zero-order valence-corrected chi connectivity index (χ0v) is 14.7. The standard InChI is InChI=1S/C14H13Br2N3O2/c1-8-4-14(19(20)21)9(2)3-12(8)18-7-13-11(16)5-10(15)6-17-13/h3-6,18H,7H2,1-2H3. The fourth-order valence-electron chi connectivity index (χ4n) is 1.94. The zero-order valence-electron chi connectivity index (χ0n) is 11.5. The van der Waals surface area contributed by atoms with Gasteiger partial charge in [0.15, 0.2) is 0 Å². The molecule has 0 saturated carbocycles. The summed E-state index contributed by atoms with van der Waals surface area (Å²) in [7, 11) is 0. The van der Waals surface area contributed by atoms with Gasteiger partial charge in [0, 0.05) is 32.5 Å². The van der Waals surface area contributed by atoms with Crippen LogP contribution in [0.3, 0.4) is 0 Å². The molecule has 1 aromatic heterocycles. The molecule has 5 nitrogen and oxygen atoms in total. The first kappa shape index (κ1) is 15.9. The van der Waals surface area contributed by atoms with Gasteiger partial charge in [0.2, 0.25) is 0 Å². The number of nitro benzene ring substituents is 1. The van der Waals surface area contributed by atoms with E-state index in [4.69, 9.17) is 0 Å². The van der Waals surface area contributed by atoms with Gasteiger partial charge in [-0.3, -0.25) is 15.1 Å². The number of nitro groups is 1. The van der Waals surface area contributed by atoms with Crippen LogP contribution in [0.2, 0.25) is 0 Å². The second-order valence-corrected chi connectivity index (χ2v) is 6.42. The Balaban J connectivity index is 2.20. The van der Waals surface area contributed by atoms with E-state index in [9.17, 15) is 10.1 Å². The van der Waals surface area contributed by atoms with Crippen LogP contribution in [0.25, 0.3) is 0 Å². The molecule has 110 valence electrons. The molecule has 0 amide bonds. The van der Waals surface area contributed by atoms with E-state index >= 15 is 0 Å². The Kier molecular flexibility index (Phi) is 4.95. The van der Waals surface area contributed by atoms with Crippen molar-refractivity contribution < 1.29 is 4.92 Å². The number of aryl methyl sites for hydroxylation is 2. The molecule has 0 unspecified atom stereocenters. The first-order chi connectivity index (χ1) is 9.88. The van der Waals surface area contributed by atoms with Gasteiger partial charge < -0.3 is 5.32 Å². The van der Waals surface area contributed by atoms with Crippen molar-refractivity contribution in [2.24, 2.45) is 0 Å². The number of halogens is 2. The average Bonchev–Trinajstić information content (AvgIpc) is 2.40. The molecular formula is C14H13Br2N3O2. The van der Waals surface area contributed by atoms with Gasteiger partial charge in [-0.2, -0.15) is 0 Å². The zero-order chi connectivity index (χ0) is 15.6. The van der Waals surface area contributed by atoms with E-state index in [1.165, 1.54) is 0 Å². The predicted molar refractivity (Wildman–Crippen MR) is 89.5 cm³/mol. The van der Waals surface area contributed by atoms with Crippen LogP contribution in [0.4, 0.5) is 11.4 Å². The van der Waals surface area contributed by atoms with E-state index in [0.29, 0.717) is 12.1 Å². The molecule has 1 N–H and O–H groups in total. The van der Waals surface area contributed by atoms with Crippen molar-refractivity contribution in [1.29, 1.82) is 0 Å². The monoisotopic (exact) mass is 413 g/mol. The Hall–Kier alpha value is -1.47. The van der Waals surface area contributed by atoms with Crippen LogP contribution in [-0.2, 0) is 6.54 Å². The third-order valence-corrected chi connectivity index (χ3v) is 4.19. The van der Waals surface area contributed by atoms with Crippen molar-refractivity contribution in [3.63, 3.8) is 0 Å². The fourth-order valence-corrected chi connectivity index (χ4v) is 3.07. The summed E-state index contributed by atoms with van der Waals surface area (Å²) in [6.07, 6.45) is 1.73. The quantitative estimate of drug-likeness (QED) is 0.579. The van der Waals surface area contributed by atoms with Crippen LogP contribution in [0, 0.1) is 24.0 Å². The van der Waals surface area contributed by atoms with Crippen LogP contribution < -0.4 is 5.32 Å². The number of anilines is 1. The molecule has 0 saturated heterocycles. The molecule has 0 spiro atoms. The summed E-state index contributed by atoms with van der Waals surface area (Å²) >= 11 is 6.82. The summed E-state index contributed by atoms with van der Waals surface area (Å²) < 4.78 is 1.81. The van der Waals surface area contributed by atoms with E-state index in [1.807, 2.05) is 13.0 Å². The fraction of sp³-hybridized carbons (Fsp3) is 0.214. The van der Waals surface area contributed by atoms with Crippen molar-refractivity contribution in [2.45, 2.75) is 20.4 Å². The van der Waals surface area contributed by atoms with Gasteiger partial charge in [0.05, 0.1) is 17.2 Å². The lowest BCUT2D eigenvalue weighted by Gasteiger charge is -2.11. The van der Waals surface area contributed by atoms with E-state index in [0.717, 1.165) is 25.9 Å². The molecule has 0 aliphatic rings. The minimum absolute atomic E-state index is 0.140. The highest BCUT2D eigenvalue weighted by Crippen LogP contribution is 2.27. The minimum Gasteiger partial charge on any atom is -0.379 e. The molecule has 21 heavy (non-hydrogen) atoms. The normalized spacial score (nSPS) is 10.5. The smallest absolute Gasteiger partial charge is 0.272 e. The number of aromatic nitrogens is 1. The topological polar surface area (TPSA) is 68.1 Å². The number of hydrogen-bond donors (Lipinski definition) is 1. The van der Waals surface area contributed by atoms with Crippen LogP contribution in [0.1, 0.15) is 16.8 Å². The summed E-state index contributed by atoms with van der Waals surface area (Å²) in [5, 5.41) is 14.2. The molecule has 7 heteroatoms. The molecule has 0 aliphatic heterocycles. The number of nitrogens with one attached hydrogen (secondary N) is 1. The van der Waals surface area contributed by atoms with E-state index in [-0.39, 0.29) is 10.6 Å². The number of benzene rings is 1. The Morgan fingerprint density at radius 1 is 1.24 bits per heavy atom. The van der Waals surface area contributed by atoms with Crippen LogP contribution in [0.15, 0.2) is 33.3 Å². The lowest BCUT2D eigenvalue weighted by atomic mass is 10.1. The van der Waals surface area contributed by atoms with Gasteiger partial charge in [0.25, 0.3) is 5.69 Å². The molecule has 1 heterocycles. The highest BCUT2D eigenvalue weighted by Gasteiger charge is 2.13. The Morgan fingerprint density at radius 2 is 1.95 bits per heavy atom. The molecule has 2 aromatic rings. The number of hydrogen-bond acceptors (Lipinski definition) is 4. The Labute approximate surface area is 139 Å². The maximum Gasteiger partial charge on any atom is 0.272 e. The molecular weight excluding hydrogens is 402 g/mol. The molecule has 2 rings (SSSR count). The summed E-state index contributed by atoms with van der Waals surface area (Å²) in [4.78, 5) is 14.9. The van der Waals surface area contributed by atoms with E-state index in [2.05, 4.69) is 42.2 Å². The van der Waals surface area contributed by atoms with Crippen molar-refractivity contribution in [2.75, 3.05) is 5.32 Å². The van der Waals surface area contributed by atoms with Crippen molar-refractivity contribution in [3.8, 4) is 0 Å². The highest BCUT2D eigenvalue weighted by atomic mass is 79.9. The van der Waals surface area contributed by atoms with Gasteiger partial charge in [-0.05, 0) is 63.4 Å². The lowest BCUT2D eigenvalue weighted by molar-refractivity contribution is -0.385. The van der Waals surface area contributed by atoms with Gasteiger partial charge in [-0.15, -0.1) is 0 Å².